The van der Waals surface area contributed by atoms with Gasteiger partial charge >= 0.3 is 0 Å². The summed E-state index contributed by atoms with van der Waals surface area (Å²) in [5.41, 5.74) is 3.09. The molecule has 1 saturated heterocycles. The summed E-state index contributed by atoms with van der Waals surface area (Å²) in [6.45, 7) is 2.37. The minimum atomic E-state index is -1.24. The number of fused-ring (bicyclic) bond motifs is 2. The summed E-state index contributed by atoms with van der Waals surface area (Å²) in [4.78, 5) is 29.2. The molecule has 0 aliphatic carbocycles. The number of benzene rings is 2. The highest BCUT2D eigenvalue weighted by Gasteiger charge is 2.29. The molecule has 0 saturated carbocycles. The van der Waals surface area contributed by atoms with Gasteiger partial charge in [-0.2, -0.15) is 0 Å². The highest BCUT2D eigenvalue weighted by atomic mass is 35.5. The largest absolute Gasteiger partial charge is 0.454 e. The van der Waals surface area contributed by atoms with Crippen molar-refractivity contribution in [3.05, 3.63) is 65.3 Å². The molecule has 1 fully saturated rings. The van der Waals surface area contributed by atoms with Gasteiger partial charge < -0.3 is 29.4 Å². The number of carbonyl (C=O) groups is 1. The van der Waals surface area contributed by atoms with Gasteiger partial charge in [0.15, 0.2) is 17.6 Å². The van der Waals surface area contributed by atoms with Crippen LogP contribution in [0.1, 0.15) is 11.7 Å². The quantitative estimate of drug-likeness (QED) is 0.451. The summed E-state index contributed by atoms with van der Waals surface area (Å²) in [6.07, 6.45) is 0.544. The van der Waals surface area contributed by atoms with Gasteiger partial charge in [0, 0.05) is 43.0 Å². The second-order valence-electron chi connectivity index (χ2n) is 8.48. The number of hydrogen-bond donors (Lipinski definition) is 2. The molecular formula is C25H22ClN5O4. The molecule has 1 unspecified atom stereocenters. The number of nitrogens with one attached hydrogen (secondary N) is 1. The van der Waals surface area contributed by atoms with Crippen LogP contribution >= 0.6 is 11.6 Å². The topological polar surface area (TPSA) is 104 Å². The fraction of sp³-hybridized carbons (Fsp3) is 0.240. The summed E-state index contributed by atoms with van der Waals surface area (Å²) < 4.78 is 10.6. The van der Waals surface area contributed by atoms with Crippen molar-refractivity contribution in [1.29, 1.82) is 0 Å². The van der Waals surface area contributed by atoms with Gasteiger partial charge in [0.1, 0.15) is 11.6 Å². The molecule has 6 rings (SSSR count). The maximum absolute atomic E-state index is 12.9. The number of amides is 1. The minimum absolute atomic E-state index is 0.146. The van der Waals surface area contributed by atoms with Crippen LogP contribution in [0.15, 0.2) is 54.7 Å². The van der Waals surface area contributed by atoms with Crippen molar-refractivity contribution < 1.29 is 19.4 Å². The highest BCUT2D eigenvalue weighted by Crippen LogP contribution is 2.34. The van der Waals surface area contributed by atoms with E-state index in [1.807, 2.05) is 30.3 Å². The van der Waals surface area contributed by atoms with E-state index in [1.165, 1.54) is 0 Å². The van der Waals surface area contributed by atoms with E-state index in [1.54, 1.807) is 29.3 Å². The number of carbonyl (C=O) groups excluding carboxylic acids is 1. The van der Waals surface area contributed by atoms with Crippen molar-refractivity contribution >= 4 is 34.4 Å². The predicted molar refractivity (Wildman–Crippen MR) is 131 cm³/mol. The average Bonchev–Trinajstić information content (AvgIpc) is 3.54. The number of aliphatic hydroxyl groups is 1. The monoisotopic (exact) mass is 491 g/mol. The Labute approximate surface area is 205 Å². The first kappa shape index (κ1) is 21.7. The molecule has 9 nitrogen and oxygen atoms in total. The molecule has 35 heavy (non-hydrogen) atoms. The second kappa shape index (κ2) is 8.75. The third-order valence-electron chi connectivity index (χ3n) is 6.33. The van der Waals surface area contributed by atoms with Crippen molar-refractivity contribution in [1.82, 2.24) is 19.9 Å². The molecule has 4 heterocycles. The number of H-pyrrole nitrogens is 1. The van der Waals surface area contributed by atoms with Crippen LogP contribution in [0.4, 0.5) is 5.82 Å². The number of imidazole rings is 1. The molecule has 1 atom stereocenters. The minimum Gasteiger partial charge on any atom is -0.454 e. The Bertz CT molecular complexity index is 1400. The first-order valence-electron chi connectivity index (χ1n) is 11.3. The second-order valence-corrected chi connectivity index (χ2v) is 8.92. The van der Waals surface area contributed by atoms with Crippen LogP contribution in [0.3, 0.4) is 0 Å². The van der Waals surface area contributed by atoms with Crippen molar-refractivity contribution in [3.63, 3.8) is 0 Å². The van der Waals surface area contributed by atoms with Gasteiger partial charge in [-0.25, -0.2) is 9.97 Å². The van der Waals surface area contributed by atoms with Gasteiger partial charge in [-0.15, -0.1) is 0 Å². The molecule has 4 aromatic rings. The van der Waals surface area contributed by atoms with Crippen LogP contribution in [0, 0.1) is 0 Å². The molecule has 2 aliphatic heterocycles. The van der Waals surface area contributed by atoms with Crippen molar-refractivity contribution in [2.75, 3.05) is 37.9 Å². The first-order valence-corrected chi connectivity index (χ1v) is 11.7. The maximum atomic E-state index is 12.9. The van der Waals surface area contributed by atoms with E-state index >= 15 is 0 Å². The van der Waals surface area contributed by atoms with Crippen LogP contribution in [-0.2, 0) is 4.79 Å². The number of halogens is 1. The Balaban J connectivity index is 1.09. The van der Waals surface area contributed by atoms with E-state index in [0.29, 0.717) is 48.3 Å². The molecule has 178 valence electrons. The van der Waals surface area contributed by atoms with Crippen LogP contribution in [0.2, 0.25) is 5.02 Å². The molecule has 10 heteroatoms. The summed E-state index contributed by atoms with van der Waals surface area (Å²) in [5.74, 6) is 2.40. The van der Waals surface area contributed by atoms with Crippen LogP contribution in [0.5, 0.6) is 11.5 Å². The lowest BCUT2D eigenvalue weighted by atomic mass is 10.1. The number of ether oxygens (including phenoxy) is 2. The zero-order valence-corrected chi connectivity index (χ0v) is 19.4. The number of aromatic amines is 1. The van der Waals surface area contributed by atoms with Gasteiger partial charge in [0.25, 0.3) is 5.91 Å². The number of pyridine rings is 1. The van der Waals surface area contributed by atoms with Crippen LogP contribution in [0.25, 0.3) is 22.4 Å². The van der Waals surface area contributed by atoms with Crippen LogP contribution < -0.4 is 14.4 Å². The molecular weight excluding hydrogens is 470 g/mol. The number of anilines is 1. The Morgan fingerprint density at radius 1 is 1.03 bits per heavy atom. The van der Waals surface area contributed by atoms with Crippen molar-refractivity contribution in [2.45, 2.75) is 6.10 Å². The van der Waals surface area contributed by atoms with Gasteiger partial charge in [-0.05, 0) is 48.0 Å². The predicted octanol–water partition coefficient (Wildman–Crippen LogP) is 3.39. The summed E-state index contributed by atoms with van der Waals surface area (Å²) in [5, 5.41) is 11.3. The Morgan fingerprint density at radius 2 is 1.86 bits per heavy atom. The fourth-order valence-corrected chi connectivity index (χ4v) is 4.56. The Kier molecular flexibility index (Phi) is 5.43. The van der Waals surface area contributed by atoms with Crippen molar-refractivity contribution in [3.8, 4) is 22.9 Å². The van der Waals surface area contributed by atoms with Crippen molar-refractivity contribution in [2.24, 2.45) is 0 Å². The number of rotatable bonds is 4. The van der Waals surface area contributed by atoms with Crippen LogP contribution in [-0.4, -0.2) is 63.8 Å². The van der Waals surface area contributed by atoms with E-state index in [-0.39, 0.29) is 12.7 Å². The number of piperazine rings is 1. The van der Waals surface area contributed by atoms with E-state index in [9.17, 15) is 9.90 Å². The standard InChI is InChI=1S/C25H22ClN5O4/c26-17-3-4-18-19(12-17)29-24(28-18)16-2-6-22(27-13-16)30-7-9-31(10-8-30)25(33)23(32)15-1-5-20-21(11-15)35-14-34-20/h1-6,11-13,23,32H,7-10,14H2,(H,28,29). The Morgan fingerprint density at radius 3 is 2.66 bits per heavy atom. The Hall–Kier alpha value is -3.82. The molecule has 0 bridgehead atoms. The third-order valence-corrected chi connectivity index (χ3v) is 6.56. The number of aliphatic hydroxyl groups excluding tert-OH is 1. The van der Waals surface area contributed by atoms with E-state index in [4.69, 9.17) is 21.1 Å². The zero-order valence-electron chi connectivity index (χ0n) is 18.6. The fourth-order valence-electron chi connectivity index (χ4n) is 4.39. The van der Waals surface area contributed by atoms with Gasteiger partial charge in [0.05, 0.1) is 11.0 Å². The van der Waals surface area contributed by atoms with E-state index in [2.05, 4.69) is 19.9 Å². The lowest BCUT2D eigenvalue weighted by Gasteiger charge is -2.36. The van der Waals surface area contributed by atoms with Gasteiger partial charge in [-0.1, -0.05) is 17.7 Å². The lowest BCUT2D eigenvalue weighted by molar-refractivity contribution is -0.140. The molecule has 1 amide bonds. The smallest absolute Gasteiger partial charge is 0.256 e. The van der Waals surface area contributed by atoms with E-state index in [0.717, 1.165) is 28.2 Å². The molecule has 2 aromatic carbocycles. The maximum Gasteiger partial charge on any atom is 0.256 e. The lowest BCUT2D eigenvalue weighted by Crippen LogP contribution is -2.50. The van der Waals surface area contributed by atoms with E-state index < -0.39 is 6.10 Å². The molecule has 2 aliphatic rings. The average molecular weight is 492 g/mol. The SMILES string of the molecule is O=C(C(O)c1ccc2c(c1)OCO2)N1CCN(c2ccc(-c3nc4ccc(Cl)cc4[nH]3)cn2)CC1. The van der Waals surface area contributed by atoms with Gasteiger partial charge in [0.2, 0.25) is 6.79 Å². The first-order chi connectivity index (χ1) is 17.0. The molecule has 0 spiro atoms. The third kappa shape index (κ3) is 4.13. The summed E-state index contributed by atoms with van der Waals surface area (Å²) in [6, 6.07) is 14.5. The normalized spacial score (nSPS) is 16.1. The molecule has 2 aromatic heterocycles. The highest BCUT2D eigenvalue weighted by molar-refractivity contribution is 6.31. The summed E-state index contributed by atoms with van der Waals surface area (Å²) >= 11 is 6.07. The number of nitrogens with zero attached hydrogens (tertiary/aromatic N) is 4. The number of hydrogen-bond acceptors (Lipinski definition) is 7. The van der Waals surface area contributed by atoms with Gasteiger partial charge in [-0.3, -0.25) is 4.79 Å². The molecule has 2 N–H and O–H groups in total. The zero-order chi connectivity index (χ0) is 23.9. The number of aromatic nitrogens is 3. The summed E-state index contributed by atoms with van der Waals surface area (Å²) in [7, 11) is 0. The molecule has 0 radical (unpaired) electrons.